The zero-order chi connectivity index (χ0) is 20.7. The second kappa shape index (κ2) is 6.94. The lowest BCUT2D eigenvalue weighted by Gasteiger charge is -2.05. The second-order valence-electron chi connectivity index (χ2n) is 6.33. The predicted octanol–water partition coefficient (Wildman–Crippen LogP) is 4.95. The third-order valence-electron chi connectivity index (χ3n) is 4.62. The fraction of sp³-hybridized carbons (Fsp3) is 0. The number of carboxylic acid groups (broad SMARTS) is 1. The number of halogens is 3. The molecule has 144 valence electrons. The summed E-state index contributed by atoms with van der Waals surface area (Å²) in [5, 5.41) is 9.04. The normalized spacial score (nSPS) is 11.0. The molecule has 0 saturated heterocycles. The van der Waals surface area contributed by atoms with Crippen LogP contribution >= 0.6 is 0 Å². The van der Waals surface area contributed by atoms with Crippen molar-refractivity contribution in [1.82, 2.24) is 4.40 Å². The largest absolute Gasteiger partial charge is 0.478 e. The molecule has 2 aromatic carbocycles. The van der Waals surface area contributed by atoms with Gasteiger partial charge >= 0.3 is 5.97 Å². The van der Waals surface area contributed by atoms with Crippen molar-refractivity contribution >= 4 is 17.3 Å². The molecule has 0 amide bonds. The number of aromatic carboxylic acids is 1. The zero-order valence-electron chi connectivity index (χ0n) is 14.7. The number of carbonyl (C=O) groups excluding carboxylic acids is 1. The van der Waals surface area contributed by atoms with E-state index in [2.05, 4.69) is 0 Å². The number of carbonyl (C=O) groups is 2. The van der Waals surface area contributed by atoms with Gasteiger partial charge < -0.3 is 9.51 Å². The first-order valence-corrected chi connectivity index (χ1v) is 8.50. The molecule has 0 atom stereocenters. The molecule has 0 aliphatic rings. The van der Waals surface area contributed by atoms with Gasteiger partial charge in [0.05, 0.1) is 22.3 Å². The van der Waals surface area contributed by atoms with Crippen LogP contribution in [0, 0.1) is 17.5 Å². The third-order valence-corrected chi connectivity index (χ3v) is 4.62. The minimum Gasteiger partial charge on any atom is -0.478 e. The predicted molar refractivity (Wildman–Crippen MR) is 99.5 cm³/mol. The van der Waals surface area contributed by atoms with E-state index in [1.54, 1.807) is 36.5 Å². The summed E-state index contributed by atoms with van der Waals surface area (Å²) in [5.74, 6) is -6.11. The van der Waals surface area contributed by atoms with Gasteiger partial charge in [-0.2, -0.15) is 0 Å². The molecule has 0 fully saturated rings. The molecule has 0 bridgehead atoms. The van der Waals surface area contributed by atoms with Crippen molar-refractivity contribution in [2.45, 2.75) is 0 Å². The number of hydrogen-bond donors (Lipinski definition) is 1. The Bertz CT molecular complexity index is 1280. The average molecular weight is 395 g/mol. The SMILES string of the molecule is O=C(O)c1ccc(-c2cc(C(=O)c3c(F)ccc(F)c3F)n3ccccc23)cc1. The van der Waals surface area contributed by atoms with Crippen LogP contribution in [0.3, 0.4) is 0 Å². The molecule has 7 heteroatoms. The quantitative estimate of drug-likeness (QED) is 0.393. The van der Waals surface area contributed by atoms with Gasteiger partial charge in [0.25, 0.3) is 0 Å². The van der Waals surface area contributed by atoms with Crippen LogP contribution in [0.15, 0.2) is 66.9 Å². The van der Waals surface area contributed by atoms with Crippen molar-refractivity contribution in [3.05, 3.63) is 101 Å². The minimum atomic E-state index is -1.55. The fourth-order valence-corrected chi connectivity index (χ4v) is 3.21. The Hall–Kier alpha value is -3.87. The molecular weight excluding hydrogens is 383 g/mol. The smallest absolute Gasteiger partial charge is 0.335 e. The van der Waals surface area contributed by atoms with Gasteiger partial charge in [-0.3, -0.25) is 4.79 Å². The van der Waals surface area contributed by atoms with Crippen LogP contribution < -0.4 is 0 Å². The number of aromatic nitrogens is 1. The van der Waals surface area contributed by atoms with E-state index in [1.807, 2.05) is 0 Å². The fourth-order valence-electron chi connectivity index (χ4n) is 3.21. The Kier molecular flexibility index (Phi) is 4.43. The monoisotopic (exact) mass is 395 g/mol. The second-order valence-corrected chi connectivity index (χ2v) is 6.33. The highest BCUT2D eigenvalue weighted by atomic mass is 19.2. The summed E-state index contributed by atoms with van der Waals surface area (Å²) in [7, 11) is 0. The van der Waals surface area contributed by atoms with E-state index in [-0.39, 0.29) is 11.3 Å². The topological polar surface area (TPSA) is 58.8 Å². The Morgan fingerprint density at radius 2 is 1.55 bits per heavy atom. The third kappa shape index (κ3) is 3.06. The zero-order valence-corrected chi connectivity index (χ0v) is 14.7. The van der Waals surface area contributed by atoms with E-state index in [0.29, 0.717) is 28.8 Å². The summed E-state index contributed by atoms with van der Waals surface area (Å²) in [6.45, 7) is 0. The van der Waals surface area contributed by atoms with Gasteiger partial charge in [0.15, 0.2) is 11.6 Å². The summed E-state index contributed by atoms with van der Waals surface area (Å²) < 4.78 is 43.3. The Morgan fingerprint density at radius 3 is 2.24 bits per heavy atom. The van der Waals surface area contributed by atoms with Crippen LogP contribution in [-0.2, 0) is 0 Å². The van der Waals surface area contributed by atoms with Crippen LogP contribution in [0.5, 0.6) is 0 Å². The maximum atomic E-state index is 14.1. The summed E-state index contributed by atoms with van der Waals surface area (Å²) in [6.07, 6.45) is 1.55. The molecule has 0 aliphatic heterocycles. The lowest BCUT2D eigenvalue weighted by Crippen LogP contribution is -2.11. The first kappa shape index (κ1) is 18.5. The van der Waals surface area contributed by atoms with Crippen LogP contribution in [0.25, 0.3) is 16.6 Å². The summed E-state index contributed by atoms with van der Waals surface area (Å²) in [6, 6.07) is 13.8. The van der Waals surface area contributed by atoms with Crippen molar-refractivity contribution in [2.75, 3.05) is 0 Å². The average Bonchev–Trinajstić information content (AvgIpc) is 3.11. The molecular formula is C22H12F3NO3. The standard InChI is InChI=1S/C22H12F3NO3/c23-15-8-9-16(24)20(25)19(15)21(27)18-11-14(17-3-1-2-10-26(17)18)12-4-6-13(7-5-12)22(28)29/h1-11H,(H,28,29). The van der Waals surface area contributed by atoms with E-state index < -0.39 is 34.8 Å². The molecule has 2 heterocycles. The lowest BCUT2D eigenvalue weighted by molar-refractivity contribution is 0.0696. The van der Waals surface area contributed by atoms with Crippen molar-refractivity contribution in [3.63, 3.8) is 0 Å². The summed E-state index contributed by atoms with van der Waals surface area (Å²) in [4.78, 5) is 23.9. The number of benzene rings is 2. The molecule has 4 aromatic rings. The number of hydrogen-bond acceptors (Lipinski definition) is 2. The van der Waals surface area contributed by atoms with E-state index in [4.69, 9.17) is 5.11 Å². The van der Waals surface area contributed by atoms with E-state index in [0.717, 1.165) is 0 Å². The molecule has 0 spiro atoms. The van der Waals surface area contributed by atoms with E-state index in [9.17, 15) is 22.8 Å². The van der Waals surface area contributed by atoms with E-state index >= 15 is 0 Å². The highest BCUT2D eigenvalue weighted by Gasteiger charge is 2.25. The van der Waals surface area contributed by atoms with Crippen molar-refractivity contribution in [1.29, 1.82) is 0 Å². The van der Waals surface area contributed by atoms with Crippen LogP contribution in [0.4, 0.5) is 13.2 Å². The number of rotatable bonds is 4. The Morgan fingerprint density at radius 1 is 0.862 bits per heavy atom. The first-order valence-electron chi connectivity index (χ1n) is 8.50. The van der Waals surface area contributed by atoms with Gasteiger partial charge in [-0.1, -0.05) is 18.2 Å². The number of pyridine rings is 1. The minimum absolute atomic E-state index is 0.0543. The maximum absolute atomic E-state index is 14.1. The Balaban J connectivity index is 1.91. The number of fused-ring (bicyclic) bond motifs is 1. The highest BCUT2D eigenvalue weighted by Crippen LogP contribution is 2.30. The highest BCUT2D eigenvalue weighted by molar-refractivity contribution is 6.10. The van der Waals surface area contributed by atoms with Gasteiger partial charge in [-0.15, -0.1) is 0 Å². The number of nitrogens with zero attached hydrogens (tertiary/aromatic N) is 1. The van der Waals surface area contributed by atoms with Crippen molar-refractivity contribution in [2.24, 2.45) is 0 Å². The molecule has 4 rings (SSSR count). The van der Waals surface area contributed by atoms with Crippen LogP contribution in [0.1, 0.15) is 26.4 Å². The van der Waals surface area contributed by atoms with Crippen LogP contribution in [0.2, 0.25) is 0 Å². The molecule has 2 aromatic heterocycles. The van der Waals surface area contributed by atoms with Gasteiger partial charge in [0.2, 0.25) is 5.78 Å². The molecule has 4 nitrogen and oxygen atoms in total. The Labute approximate surface area is 162 Å². The molecule has 29 heavy (non-hydrogen) atoms. The summed E-state index contributed by atoms with van der Waals surface area (Å²) >= 11 is 0. The van der Waals surface area contributed by atoms with Gasteiger partial charge in [-0.05, 0) is 48.0 Å². The summed E-state index contributed by atoms with van der Waals surface area (Å²) in [5.41, 5.74) is 0.803. The number of ketones is 1. The number of carboxylic acids is 1. The van der Waals surface area contributed by atoms with Crippen LogP contribution in [-0.4, -0.2) is 21.3 Å². The van der Waals surface area contributed by atoms with Gasteiger partial charge in [0.1, 0.15) is 5.82 Å². The first-order chi connectivity index (χ1) is 13.9. The molecule has 0 radical (unpaired) electrons. The van der Waals surface area contributed by atoms with E-state index in [1.165, 1.54) is 22.6 Å². The van der Waals surface area contributed by atoms with Crippen molar-refractivity contribution < 1.29 is 27.9 Å². The molecule has 1 N–H and O–H groups in total. The molecule has 0 saturated carbocycles. The molecule has 0 unspecified atom stereocenters. The molecule has 0 aliphatic carbocycles. The maximum Gasteiger partial charge on any atom is 0.335 e. The van der Waals surface area contributed by atoms with Gasteiger partial charge in [-0.25, -0.2) is 18.0 Å². The van der Waals surface area contributed by atoms with Crippen molar-refractivity contribution in [3.8, 4) is 11.1 Å². The lowest BCUT2D eigenvalue weighted by atomic mass is 10.0. The van der Waals surface area contributed by atoms with Gasteiger partial charge in [0, 0.05) is 11.8 Å².